The van der Waals surface area contributed by atoms with E-state index in [-0.39, 0.29) is 27.0 Å². The second kappa shape index (κ2) is 9.26. The number of halogens is 2. The Bertz CT molecular complexity index is 1370. The smallest absolute Gasteiger partial charge is 0.246 e. The third-order valence-corrected chi connectivity index (χ3v) is 9.48. The molecule has 0 saturated carbocycles. The van der Waals surface area contributed by atoms with Crippen LogP contribution in [0, 0.1) is 18.6 Å². The minimum Gasteiger partial charge on any atom is -0.391 e. The molecule has 3 aromatic rings. The lowest BCUT2D eigenvalue weighted by Gasteiger charge is -2.76. The second-order valence-electron chi connectivity index (χ2n) is 13.0. The van der Waals surface area contributed by atoms with Gasteiger partial charge in [-0.3, -0.25) is 0 Å². The van der Waals surface area contributed by atoms with Crippen LogP contribution in [0.3, 0.4) is 0 Å². The van der Waals surface area contributed by atoms with Gasteiger partial charge in [0.15, 0.2) is 0 Å². The number of rotatable bonds is 5. The Labute approximate surface area is 236 Å². The van der Waals surface area contributed by atoms with Crippen LogP contribution in [0.15, 0.2) is 42.7 Å². The first-order valence-electron chi connectivity index (χ1n) is 13.5. The van der Waals surface area contributed by atoms with Gasteiger partial charge in [-0.05, 0) is 64.2 Å². The normalized spacial score (nSPS) is 21.8. The number of benzene rings is 2. The SMILES string of the molecule is BC1(B)N(c2cc(C)cc(Nc3ncn(-c4cc(F)cc(F)c4)n3)c2)C(B)(B)C(B)(B)N(C2COC2)C1(B)B. The van der Waals surface area contributed by atoms with E-state index in [4.69, 9.17) is 4.74 Å². The van der Waals surface area contributed by atoms with Crippen LogP contribution < -0.4 is 10.2 Å². The standard InChI is InChI=1S/C22H32B8F2N6O/c1-11-2-14(34-18-33-10-36(35-18)15-5-12(31)4-13(32)6-15)7-16(3-11)37-19(23,24)21(27,28)38(17-8-39-9-17)22(29,30)20(37,25)26/h2-7,10,17H,8-9,23-30H2,1H3,(H,34,35). The molecule has 0 unspecified atom stereocenters. The molecule has 0 aliphatic carbocycles. The van der Waals surface area contributed by atoms with E-state index in [1.165, 1.54) is 23.1 Å². The predicted octanol–water partition coefficient (Wildman–Crippen LogP) is -5.20. The quantitative estimate of drug-likeness (QED) is 0.340. The molecule has 2 fully saturated rings. The number of aryl methyl sites for hydroxylation is 1. The summed E-state index contributed by atoms with van der Waals surface area (Å²) in [5.41, 5.74) is 3.30. The molecule has 0 spiro atoms. The fraction of sp³-hybridized carbons (Fsp3) is 0.364. The van der Waals surface area contributed by atoms with Gasteiger partial charge in [0.05, 0.1) is 24.9 Å². The van der Waals surface area contributed by atoms with Crippen molar-refractivity contribution in [2.75, 3.05) is 23.4 Å². The van der Waals surface area contributed by atoms with E-state index in [1.807, 2.05) is 6.07 Å². The molecule has 39 heavy (non-hydrogen) atoms. The highest BCUT2D eigenvalue weighted by Gasteiger charge is 2.63. The van der Waals surface area contributed by atoms with Crippen molar-refractivity contribution in [3.8, 4) is 5.69 Å². The van der Waals surface area contributed by atoms with Gasteiger partial charge in [-0.25, -0.2) is 13.5 Å². The number of piperazine rings is 1. The van der Waals surface area contributed by atoms with Crippen LogP contribution in [0.5, 0.6) is 0 Å². The average Bonchev–Trinajstić information content (AvgIpc) is 3.22. The van der Waals surface area contributed by atoms with Crippen LogP contribution in [-0.2, 0) is 4.74 Å². The highest BCUT2D eigenvalue weighted by Crippen LogP contribution is 2.47. The first kappa shape index (κ1) is 28.0. The van der Waals surface area contributed by atoms with E-state index in [2.05, 4.69) is 107 Å². The molecule has 17 heteroatoms. The number of hydrogen-bond acceptors (Lipinski definition) is 6. The van der Waals surface area contributed by atoms with Crippen LogP contribution in [-0.4, -0.2) is 123 Å². The van der Waals surface area contributed by atoms with Crippen LogP contribution in [0.25, 0.3) is 5.69 Å². The van der Waals surface area contributed by atoms with Gasteiger partial charge in [-0.1, -0.05) is 0 Å². The Kier molecular flexibility index (Phi) is 6.66. The van der Waals surface area contributed by atoms with Crippen molar-refractivity contribution in [1.82, 2.24) is 19.7 Å². The van der Waals surface area contributed by atoms with Crippen LogP contribution in [0.1, 0.15) is 5.56 Å². The molecule has 7 nitrogen and oxygen atoms in total. The zero-order valence-electron chi connectivity index (χ0n) is 24.4. The molecule has 3 heterocycles. The summed E-state index contributed by atoms with van der Waals surface area (Å²) in [6, 6.07) is 10.1. The summed E-state index contributed by atoms with van der Waals surface area (Å²) < 4.78 is 34.4. The number of hydrogen-bond donors (Lipinski definition) is 1. The highest BCUT2D eigenvalue weighted by molar-refractivity contribution is 6.62. The molecule has 0 bridgehead atoms. The lowest BCUT2D eigenvalue weighted by Crippen LogP contribution is -2.94. The Morgan fingerprint density at radius 3 is 1.95 bits per heavy atom. The van der Waals surface area contributed by atoms with Crippen molar-refractivity contribution in [2.45, 2.75) is 34.3 Å². The maximum atomic E-state index is 13.7. The van der Waals surface area contributed by atoms with Gasteiger partial charge in [0.1, 0.15) is 80.7 Å². The molecular formula is C22H32B8F2N6O. The first-order chi connectivity index (χ1) is 18.1. The summed E-state index contributed by atoms with van der Waals surface area (Å²) >= 11 is 0. The highest BCUT2D eigenvalue weighted by atomic mass is 19.1. The molecule has 0 radical (unpaired) electrons. The summed E-state index contributed by atoms with van der Waals surface area (Å²) in [6.07, 6.45) is 1.44. The van der Waals surface area contributed by atoms with Crippen molar-refractivity contribution in [1.29, 1.82) is 0 Å². The van der Waals surface area contributed by atoms with E-state index < -0.39 is 11.6 Å². The molecular weight excluding hydrogens is 489 g/mol. The molecule has 1 aromatic heterocycles. The maximum Gasteiger partial charge on any atom is 0.246 e. The van der Waals surface area contributed by atoms with E-state index in [0.717, 1.165) is 36.2 Å². The van der Waals surface area contributed by atoms with E-state index in [9.17, 15) is 8.78 Å². The zero-order valence-corrected chi connectivity index (χ0v) is 24.4. The Morgan fingerprint density at radius 2 is 1.41 bits per heavy atom. The van der Waals surface area contributed by atoms with E-state index in [0.29, 0.717) is 12.0 Å². The summed E-state index contributed by atoms with van der Waals surface area (Å²) in [7, 11) is 18.7. The molecule has 2 aromatic carbocycles. The van der Waals surface area contributed by atoms with Gasteiger partial charge in [-0.2, -0.15) is 4.98 Å². The van der Waals surface area contributed by atoms with Crippen LogP contribution in [0.2, 0.25) is 0 Å². The van der Waals surface area contributed by atoms with E-state index >= 15 is 0 Å². The Hall–Kier alpha value is -2.52. The molecule has 0 amide bonds. The summed E-state index contributed by atoms with van der Waals surface area (Å²) in [4.78, 5) is 9.58. The van der Waals surface area contributed by atoms with Gasteiger partial charge in [0.2, 0.25) is 5.95 Å². The predicted molar refractivity (Wildman–Crippen MR) is 174 cm³/mol. The minimum absolute atomic E-state index is 0.168. The van der Waals surface area contributed by atoms with Gasteiger partial charge < -0.3 is 19.9 Å². The largest absolute Gasteiger partial charge is 0.391 e. The van der Waals surface area contributed by atoms with Crippen LogP contribution in [0.4, 0.5) is 26.1 Å². The van der Waals surface area contributed by atoms with Gasteiger partial charge in [0, 0.05) is 17.4 Å². The Morgan fingerprint density at radius 1 is 0.821 bits per heavy atom. The lowest BCUT2D eigenvalue weighted by molar-refractivity contribution is -0.0995. The van der Waals surface area contributed by atoms with Crippen molar-refractivity contribution in [3.63, 3.8) is 0 Å². The number of anilines is 3. The number of nitrogens with zero attached hydrogens (tertiary/aromatic N) is 5. The molecule has 2 aliphatic rings. The monoisotopic (exact) mass is 522 g/mol. The summed E-state index contributed by atoms with van der Waals surface area (Å²) in [5, 5.41) is 6.89. The van der Waals surface area contributed by atoms with Crippen molar-refractivity contribution in [3.05, 3.63) is 59.9 Å². The first-order valence-corrected chi connectivity index (χ1v) is 13.5. The van der Waals surface area contributed by atoms with Crippen molar-refractivity contribution < 1.29 is 13.5 Å². The third-order valence-electron chi connectivity index (χ3n) is 9.48. The minimum atomic E-state index is -0.667. The van der Waals surface area contributed by atoms with Crippen LogP contribution >= 0.6 is 0 Å². The zero-order chi connectivity index (χ0) is 28.5. The topological polar surface area (TPSA) is 58.5 Å². The van der Waals surface area contributed by atoms with Crippen molar-refractivity contribution in [2.24, 2.45) is 0 Å². The maximum absolute atomic E-state index is 13.7. The molecule has 194 valence electrons. The third kappa shape index (κ3) is 4.46. The fourth-order valence-corrected chi connectivity index (χ4v) is 6.67. The van der Waals surface area contributed by atoms with E-state index in [1.54, 1.807) is 0 Å². The molecule has 0 atom stereocenters. The second-order valence-corrected chi connectivity index (χ2v) is 13.0. The summed E-state index contributed by atoms with van der Waals surface area (Å²) in [5.74, 6) is -0.996. The van der Waals surface area contributed by atoms with Gasteiger partial charge in [-0.15, -0.1) is 5.10 Å². The molecule has 5 rings (SSSR count). The summed E-state index contributed by atoms with van der Waals surface area (Å²) in [6.45, 7) is 3.60. The fourth-order valence-electron chi connectivity index (χ4n) is 6.67. The van der Waals surface area contributed by atoms with Crippen molar-refractivity contribution >= 4 is 80.1 Å². The number of nitrogens with one attached hydrogen (secondary N) is 1. The molecule has 2 saturated heterocycles. The molecule has 2 aliphatic heterocycles. The molecule has 1 N–H and O–H groups in total. The number of ether oxygens (including phenoxy) is 1. The van der Waals surface area contributed by atoms with Gasteiger partial charge in [0.25, 0.3) is 0 Å². The number of aromatic nitrogens is 3. The van der Waals surface area contributed by atoms with Gasteiger partial charge >= 0.3 is 0 Å². The lowest BCUT2D eigenvalue weighted by atomic mass is 9.26. The average molecular weight is 521 g/mol. The Balaban J connectivity index is 1.51.